The number of carbonyl (C=O) groups excluding carboxylic acids is 2. The maximum Gasteiger partial charge on any atom is 0.247 e. The molecule has 4 nitrogen and oxygen atoms in total. The van der Waals surface area contributed by atoms with E-state index in [4.69, 9.17) is 0 Å². The molecule has 1 aromatic rings. The van der Waals surface area contributed by atoms with Gasteiger partial charge in [-0.05, 0) is 18.6 Å². The Balaban J connectivity index is 2.05. The quantitative estimate of drug-likeness (QED) is 0.815. The fourth-order valence-corrected chi connectivity index (χ4v) is 1.62. The van der Waals surface area contributed by atoms with Crippen molar-refractivity contribution in [2.75, 3.05) is 5.32 Å². The summed E-state index contributed by atoms with van der Waals surface area (Å²) < 4.78 is 25.9. The monoisotopic (exact) mass is 240 g/mol. The molecule has 1 saturated heterocycles. The Labute approximate surface area is 96.0 Å². The molecular formula is C11H10F2N2O2. The smallest absolute Gasteiger partial charge is 0.247 e. The largest absolute Gasteiger partial charge is 0.344 e. The van der Waals surface area contributed by atoms with Crippen molar-refractivity contribution in [1.82, 2.24) is 5.32 Å². The molecule has 90 valence electrons. The van der Waals surface area contributed by atoms with E-state index in [0.29, 0.717) is 12.5 Å². The van der Waals surface area contributed by atoms with Gasteiger partial charge in [0.2, 0.25) is 11.8 Å². The predicted octanol–water partition coefficient (Wildman–Crippen LogP) is 1.18. The summed E-state index contributed by atoms with van der Waals surface area (Å²) in [6.45, 7) is 0. The molecule has 0 aromatic heterocycles. The van der Waals surface area contributed by atoms with Crippen molar-refractivity contribution < 1.29 is 18.4 Å². The van der Waals surface area contributed by atoms with E-state index in [1.54, 1.807) is 0 Å². The minimum Gasteiger partial charge on any atom is -0.344 e. The zero-order valence-corrected chi connectivity index (χ0v) is 8.80. The second kappa shape index (κ2) is 4.48. The van der Waals surface area contributed by atoms with Gasteiger partial charge in [0.25, 0.3) is 0 Å². The maximum absolute atomic E-state index is 13.2. The van der Waals surface area contributed by atoms with Crippen molar-refractivity contribution >= 4 is 17.5 Å². The Morgan fingerprint density at radius 1 is 1.41 bits per heavy atom. The summed E-state index contributed by atoms with van der Waals surface area (Å²) in [5, 5.41) is 4.76. The summed E-state index contributed by atoms with van der Waals surface area (Å²) in [7, 11) is 0. The van der Waals surface area contributed by atoms with Crippen molar-refractivity contribution in [3.8, 4) is 0 Å². The van der Waals surface area contributed by atoms with Crippen LogP contribution in [-0.4, -0.2) is 17.9 Å². The minimum absolute atomic E-state index is 0.0995. The highest BCUT2D eigenvalue weighted by Gasteiger charge is 2.27. The van der Waals surface area contributed by atoms with E-state index in [0.717, 1.165) is 12.1 Å². The molecule has 17 heavy (non-hydrogen) atoms. The summed E-state index contributed by atoms with van der Waals surface area (Å²) in [5.74, 6) is -2.26. The lowest BCUT2D eigenvalue weighted by Gasteiger charge is -2.11. The van der Waals surface area contributed by atoms with Crippen LogP contribution in [0.2, 0.25) is 0 Å². The number of benzene rings is 1. The minimum atomic E-state index is -0.845. The molecule has 1 heterocycles. The molecule has 1 unspecified atom stereocenters. The lowest BCUT2D eigenvalue weighted by Crippen LogP contribution is -2.37. The van der Waals surface area contributed by atoms with Crippen molar-refractivity contribution in [2.24, 2.45) is 0 Å². The van der Waals surface area contributed by atoms with E-state index in [2.05, 4.69) is 10.6 Å². The Kier molecular flexibility index (Phi) is 3.03. The highest BCUT2D eigenvalue weighted by atomic mass is 19.1. The fourth-order valence-electron chi connectivity index (χ4n) is 1.62. The highest BCUT2D eigenvalue weighted by molar-refractivity contribution is 5.99. The molecule has 0 bridgehead atoms. The topological polar surface area (TPSA) is 58.2 Å². The second-order valence-corrected chi connectivity index (χ2v) is 3.77. The summed E-state index contributed by atoms with van der Waals surface area (Å²) >= 11 is 0. The van der Waals surface area contributed by atoms with Gasteiger partial charge >= 0.3 is 0 Å². The first kappa shape index (κ1) is 11.5. The van der Waals surface area contributed by atoms with E-state index in [1.807, 2.05) is 0 Å². The number of halogens is 2. The third-order valence-electron chi connectivity index (χ3n) is 2.50. The van der Waals surface area contributed by atoms with Gasteiger partial charge in [-0.2, -0.15) is 0 Å². The first-order valence-electron chi connectivity index (χ1n) is 5.11. The average molecular weight is 240 g/mol. The van der Waals surface area contributed by atoms with Crippen molar-refractivity contribution in [1.29, 1.82) is 0 Å². The standard InChI is InChI=1S/C11H10F2N2O2/c12-6-1-2-8(7(13)5-6)15-11(17)9-3-4-10(16)14-9/h1-2,5,9H,3-4H2,(H,14,16)(H,15,17). The zero-order valence-electron chi connectivity index (χ0n) is 8.80. The number of hydrogen-bond donors (Lipinski definition) is 2. The molecule has 1 aliphatic heterocycles. The maximum atomic E-state index is 13.2. The molecule has 2 amide bonds. The molecule has 6 heteroatoms. The van der Waals surface area contributed by atoms with E-state index >= 15 is 0 Å². The van der Waals surface area contributed by atoms with Crippen LogP contribution in [0.3, 0.4) is 0 Å². The number of amides is 2. The van der Waals surface area contributed by atoms with Crippen LogP contribution < -0.4 is 10.6 Å². The molecule has 1 atom stereocenters. The highest BCUT2D eigenvalue weighted by Crippen LogP contribution is 2.16. The van der Waals surface area contributed by atoms with Crippen molar-refractivity contribution in [3.63, 3.8) is 0 Å². The molecule has 0 saturated carbocycles. The SMILES string of the molecule is O=C1CCC(C(=O)Nc2ccc(F)cc2F)N1. The van der Waals surface area contributed by atoms with Crippen molar-refractivity contribution in [2.45, 2.75) is 18.9 Å². The molecule has 2 N–H and O–H groups in total. The van der Waals surface area contributed by atoms with E-state index < -0.39 is 23.6 Å². The van der Waals surface area contributed by atoms with Gasteiger partial charge in [-0.3, -0.25) is 9.59 Å². The number of nitrogens with one attached hydrogen (secondary N) is 2. The number of rotatable bonds is 2. The Morgan fingerprint density at radius 3 is 2.76 bits per heavy atom. The van der Waals surface area contributed by atoms with Gasteiger partial charge in [0.05, 0.1) is 5.69 Å². The van der Waals surface area contributed by atoms with Crippen LogP contribution >= 0.6 is 0 Å². The molecule has 0 radical (unpaired) electrons. The average Bonchev–Trinajstić information content (AvgIpc) is 2.69. The van der Waals surface area contributed by atoms with Gasteiger partial charge in [-0.1, -0.05) is 0 Å². The van der Waals surface area contributed by atoms with Crippen LogP contribution in [0.25, 0.3) is 0 Å². The predicted molar refractivity (Wildman–Crippen MR) is 56.2 cm³/mol. The fraction of sp³-hybridized carbons (Fsp3) is 0.273. The normalized spacial score (nSPS) is 18.9. The van der Waals surface area contributed by atoms with Crippen LogP contribution in [0.4, 0.5) is 14.5 Å². The molecule has 2 rings (SSSR count). The summed E-state index contributed by atoms with van der Waals surface area (Å²) in [5.41, 5.74) is -0.0995. The first-order chi connectivity index (χ1) is 8.06. The van der Waals surface area contributed by atoms with Crippen LogP contribution in [-0.2, 0) is 9.59 Å². The van der Waals surface area contributed by atoms with Gasteiger partial charge in [0.1, 0.15) is 17.7 Å². The lowest BCUT2D eigenvalue weighted by atomic mass is 10.2. The van der Waals surface area contributed by atoms with Crippen LogP contribution in [0, 0.1) is 11.6 Å². The third-order valence-corrected chi connectivity index (χ3v) is 2.50. The van der Waals surface area contributed by atoms with Gasteiger partial charge in [-0.25, -0.2) is 8.78 Å². The Morgan fingerprint density at radius 2 is 2.18 bits per heavy atom. The number of anilines is 1. The van der Waals surface area contributed by atoms with Gasteiger partial charge in [0.15, 0.2) is 0 Å². The summed E-state index contributed by atoms with van der Waals surface area (Å²) in [6.07, 6.45) is 0.664. The van der Waals surface area contributed by atoms with Crippen molar-refractivity contribution in [3.05, 3.63) is 29.8 Å². The number of carbonyl (C=O) groups is 2. The van der Waals surface area contributed by atoms with Gasteiger partial charge in [-0.15, -0.1) is 0 Å². The van der Waals surface area contributed by atoms with E-state index in [9.17, 15) is 18.4 Å². The van der Waals surface area contributed by atoms with Crippen LogP contribution in [0.5, 0.6) is 0 Å². The lowest BCUT2D eigenvalue weighted by molar-refractivity contribution is -0.122. The Bertz CT molecular complexity index is 477. The van der Waals surface area contributed by atoms with Crippen LogP contribution in [0.15, 0.2) is 18.2 Å². The molecule has 1 aliphatic rings. The van der Waals surface area contributed by atoms with Crippen LogP contribution in [0.1, 0.15) is 12.8 Å². The second-order valence-electron chi connectivity index (χ2n) is 3.77. The van der Waals surface area contributed by atoms with Gasteiger partial charge in [0, 0.05) is 12.5 Å². The zero-order chi connectivity index (χ0) is 12.4. The molecule has 1 fully saturated rings. The first-order valence-corrected chi connectivity index (χ1v) is 5.11. The van der Waals surface area contributed by atoms with E-state index in [-0.39, 0.29) is 18.0 Å². The Hall–Kier alpha value is -1.98. The molecular weight excluding hydrogens is 230 g/mol. The molecule has 0 aliphatic carbocycles. The molecule has 1 aromatic carbocycles. The summed E-state index contributed by atoms with van der Waals surface area (Å²) in [6, 6.07) is 2.22. The van der Waals surface area contributed by atoms with Gasteiger partial charge < -0.3 is 10.6 Å². The third kappa shape index (κ3) is 2.58. The molecule has 0 spiro atoms. The summed E-state index contributed by atoms with van der Waals surface area (Å²) in [4.78, 5) is 22.5. The number of hydrogen-bond acceptors (Lipinski definition) is 2. The van der Waals surface area contributed by atoms with E-state index in [1.165, 1.54) is 0 Å².